The summed E-state index contributed by atoms with van der Waals surface area (Å²) in [5, 5.41) is -0.247. The van der Waals surface area contributed by atoms with Gasteiger partial charge >= 0.3 is 0 Å². The summed E-state index contributed by atoms with van der Waals surface area (Å²) in [7, 11) is 0. The second-order valence-electron chi connectivity index (χ2n) is 10.5. The molecule has 6 heteroatoms. The molecule has 1 atom stereocenters. The van der Waals surface area contributed by atoms with Gasteiger partial charge < -0.3 is 9.47 Å². The van der Waals surface area contributed by atoms with E-state index < -0.39 is 5.60 Å². The molecule has 1 fully saturated rings. The summed E-state index contributed by atoms with van der Waals surface area (Å²) in [6, 6.07) is 17.1. The highest BCUT2D eigenvalue weighted by molar-refractivity contribution is 8.18. The van der Waals surface area contributed by atoms with Crippen LogP contribution >= 0.6 is 11.8 Å². The van der Waals surface area contributed by atoms with Crippen LogP contribution in [-0.4, -0.2) is 28.3 Å². The maximum absolute atomic E-state index is 12.9. The zero-order valence-electron chi connectivity index (χ0n) is 22.6. The Morgan fingerprint density at radius 2 is 1.63 bits per heavy atom. The molecule has 0 aromatic heterocycles. The van der Waals surface area contributed by atoms with Gasteiger partial charge in [-0.1, -0.05) is 42.5 Å². The first-order chi connectivity index (χ1) is 18.1. The number of hydrogen-bond donors (Lipinski definition) is 0. The van der Waals surface area contributed by atoms with E-state index in [9.17, 15) is 9.59 Å². The number of carbonyl (C=O) groups is 2. The van der Waals surface area contributed by atoms with Gasteiger partial charge in [0, 0.05) is 0 Å². The van der Waals surface area contributed by atoms with Crippen molar-refractivity contribution < 1.29 is 19.1 Å². The summed E-state index contributed by atoms with van der Waals surface area (Å²) in [5.74, 6) is 1.49. The lowest BCUT2D eigenvalue weighted by Gasteiger charge is -2.38. The van der Waals surface area contributed by atoms with Crippen molar-refractivity contribution in [2.45, 2.75) is 59.6 Å². The van der Waals surface area contributed by atoms with Gasteiger partial charge in [-0.3, -0.25) is 14.5 Å². The van der Waals surface area contributed by atoms with Crippen LogP contribution in [0.25, 0.3) is 6.08 Å². The lowest BCUT2D eigenvalue weighted by Crippen LogP contribution is -2.42. The summed E-state index contributed by atoms with van der Waals surface area (Å²) in [4.78, 5) is 27.0. The van der Waals surface area contributed by atoms with Gasteiger partial charge in [0.15, 0.2) is 0 Å². The number of amides is 2. The molecule has 2 amide bonds. The minimum Gasteiger partial charge on any atom is -0.489 e. The Labute approximate surface area is 228 Å². The Balaban J connectivity index is 1.23. The van der Waals surface area contributed by atoms with Crippen LogP contribution in [0.3, 0.4) is 0 Å². The van der Waals surface area contributed by atoms with E-state index in [1.54, 1.807) is 6.08 Å². The van der Waals surface area contributed by atoms with Crippen LogP contribution in [0, 0.1) is 27.7 Å². The molecular weight excluding hydrogens is 494 g/mol. The zero-order valence-corrected chi connectivity index (χ0v) is 23.4. The van der Waals surface area contributed by atoms with Gasteiger partial charge in [0.05, 0.1) is 11.4 Å². The zero-order chi connectivity index (χ0) is 27.0. The summed E-state index contributed by atoms with van der Waals surface area (Å²) >= 11 is 0.978. The van der Waals surface area contributed by atoms with Crippen molar-refractivity contribution in [1.82, 2.24) is 4.90 Å². The van der Waals surface area contributed by atoms with Gasteiger partial charge in [0.25, 0.3) is 11.1 Å². The summed E-state index contributed by atoms with van der Waals surface area (Å²) in [6.07, 6.45) is 3.62. The highest BCUT2D eigenvalue weighted by Gasteiger charge is 2.36. The number of benzene rings is 3. The molecule has 3 aromatic rings. The number of imide groups is 1. The topological polar surface area (TPSA) is 55.8 Å². The van der Waals surface area contributed by atoms with Crippen LogP contribution in [0.4, 0.5) is 4.79 Å². The monoisotopic (exact) mass is 527 g/mol. The normalized spacial score (nSPS) is 20.0. The Bertz CT molecular complexity index is 1430. The fourth-order valence-corrected chi connectivity index (χ4v) is 5.87. The van der Waals surface area contributed by atoms with Crippen LogP contribution in [0.1, 0.15) is 52.3 Å². The van der Waals surface area contributed by atoms with Crippen LogP contribution in [0.15, 0.2) is 59.5 Å². The van der Waals surface area contributed by atoms with Gasteiger partial charge in [-0.15, -0.1) is 0 Å². The maximum Gasteiger partial charge on any atom is 0.293 e. The van der Waals surface area contributed by atoms with E-state index in [1.165, 1.54) is 32.7 Å². The molecule has 2 aliphatic rings. The fraction of sp³-hybridized carbons (Fsp3) is 0.312. The third kappa shape index (κ3) is 5.10. The first-order valence-electron chi connectivity index (χ1n) is 13.0. The minimum absolute atomic E-state index is 0.247. The summed E-state index contributed by atoms with van der Waals surface area (Å²) in [5.41, 5.74) is 7.86. The molecule has 5 nitrogen and oxygen atoms in total. The standard InChI is InChI=1S/C32H33NO4S/c1-20-21(2)23(4)29-27(22(20)3)15-16-32(5,37-29)19-36-26-13-11-24(12-14-26)17-28-30(34)33(31(35)38-28)18-25-9-7-6-8-10-25/h6-14,17H,15-16,18-19H2,1-5H3/b28-17-. The Kier molecular flexibility index (Phi) is 7.10. The molecule has 0 bridgehead atoms. The molecule has 2 aliphatic heterocycles. The number of carbonyl (C=O) groups excluding carboxylic acids is 2. The number of fused-ring (bicyclic) bond motifs is 1. The summed E-state index contributed by atoms with van der Waals surface area (Å²) < 4.78 is 12.7. The third-order valence-electron chi connectivity index (χ3n) is 7.79. The second-order valence-corrected chi connectivity index (χ2v) is 11.5. The molecule has 0 saturated carbocycles. The fourth-order valence-electron chi connectivity index (χ4n) is 5.03. The third-order valence-corrected chi connectivity index (χ3v) is 8.69. The lowest BCUT2D eigenvalue weighted by atomic mass is 9.85. The molecule has 1 unspecified atom stereocenters. The molecule has 5 rings (SSSR count). The Morgan fingerprint density at radius 1 is 0.947 bits per heavy atom. The molecule has 2 heterocycles. The molecule has 0 aliphatic carbocycles. The molecule has 196 valence electrons. The van der Waals surface area contributed by atoms with Crippen molar-refractivity contribution >= 4 is 29.0 Å². The van der Waals surface area contributed by atoms with Gasteiger partial charge in [-0.05, 0) is 116 Å². The summed E-state index contributed by atoms with van der Waals surface area (Å²) in [6.45, 7) is 11.5. The highest BCUT2D eigenvalue weighted by Crippen LogP contribution is 2.41. The van der Waals surface area contributed by atoms with Crippen molar-refractivity contribution in [2.24, 2.45) is 0 Å². The SMILES string of the molecule is Cc1c(C)c(C)c2c(c1C)CCC(C)(COc1ccc(/C=C3\SC(=O)N(Cc4ccccc4)C3=O)cc1)O2. The van der Waals surface area contributed by atoms with Crippen molar-refractivity contribution in [2.75, 3.05) is 6.61 Å². The first kappa shape index (κ1) is 26.1. The van der Waals surface area contributed by atoms with E-state index in [4.69, 9.17) is 9.47 Å². The van der Waals surface area contributed by atoms with Crippen molar-refractivity contribution in [3.63, 3.8) is 0 Å². The number of nitrogens with zero attached hydrogens (tertiary/aromatic N) is 1. The van der Waals surface area contributed by atoms with Crippen molar-refractivity contribution in [3.05, 3.63) is 98.4 Å². The van der Waals surface area contributed by atoms with E-state index in [-0.39, 0.29) is 17.7 Å². The average molecular weight is 528 g/mol. The second kappa shape index (κ2) is 10.3. The number of hydrogen-bond acceptors (Lipinski definition) is 5. The molecule has 0 spiro atoms. The average Bonchev–Trinajstić information content (AvgIpc) is 3.18. The predicted molar refractivity (Wildman–Crippen MR) is 153 cm³/mol. The van der Waals surface area contributed by atoms with Crippen LogP contribution in [0.2, 0.25) is 0 Å². The molecule has 3 aromatic carbocycles. The van der Waals surface area contributed by atoms with Gasteiger partial charge in [0.2, 0.25) is 0 Å². The van der Waals surface area contributed by atoms with Crippen molar-refractivity contribution in [3.8, 4) is 11.5 Å². The van der Waals surface area contributed by atoms with E-state index in [0.717, 1.165) is 47.2 Å². The van der Waals surface area contributed by atoms with E-state index in [0.29, 0.717) is 11.5 Å². The molecule has 0 N–H and O–H groups in total. The predicted octanol–water partition coefficient (Wildman–Crippen LogP) is 7.32. The van der Waals surface area contributed by atoms with Gasteiger partial charge in [0.1, 0.15) is 23.7 Å². The molecule has 1 saturated heterocycles. The molecule has 38 heavy (non-hydrogen) atoms. The lowest BCUT2D eigenvalue weighted by molar-refractivity contribution is -0.123. The minimum atomic E-state index is -0.415. The maximum atomic E-state index is 12.9. The quantitative estimate of drug-likeness (QED) is 0.314. The molecular formula is C32H33NO4S. The smallest absolute Gasteiger partial charge is 0.293 e. The van der Waals surface area contributed by atoms with Crippen molar-refractivity contribution in [1.29, 1.82) is 0 Å². The van der Waals surface area contributed by atoms with Crippen LogP contribution in [-0.2, 0) is 17.8 Å². The highest BCUT2D eigenvalue weighted by atomic mass is 32.2. The van der Waals surface area contributed by atoms with E-state index in [1.807, 2.05) is 54.6 Å². The molecule has 0 radical (unpaired) electrons. The van der Waals surface area contributed by atoms with Crippen LogP contribution < -0.4 is 9.47 Å². The first-order valence-corrected chi connectivity index (χ1v) is 13.8. The van der Waals surface area contributed by atoms with E-state index in [2.05, 4.69) is 34.6 Å². The number of rotatable bonds is 6. The number of thioether (sulfide) groups is 1. The number of ether oxygens (including phenoxy) is 2. The van der Waals surface area contributed by atoms with Gasteiger partial charge in [-0.2, -0.15) is 0 Å². The Morgan fingerprint density at radius 3 is 2.34 bits per heavy atom. The van der Waals surface area contributed by atoms with E-state index >= 15 is 0 Å². The Hall–Kier alpha value is -3.51. The van der Waals surface area contributed by atoms with Crippen LogP contribution in [0.5, 0.6) is 11.5 Å². The van der Waals surface area contributed by atoms with Gasteiger partial charge in [-0.25, -0.2) is 0 Å². The largest absolute Gasteiger partial charge is 0.489 e.